The van der Waals surface area contributed by atoms with E-state index >= 15 is 0 Å². The summed E-state index contributed by atoms with van der Waals surface area (Å²) in [5.41, 5.74) is 0. The van der Waals surface area contributed by atoms with E-state index in [0.29, 0.717) is 30.2 Å². The fourth-order valence-corrected chi connectivity index (χ4v) is 3.08. The molecule has 0 aromatic heterocycles. The number of hydrogen-bond acceptors (Lipinski definition) is 3. The van der Waals surface area contributed by atoms with Gasteiger partial charge in [0.05, 0.1) is 18.8 Å². The number of nitrogens with zero attached hydrogens (tertiary/aromatic N) is 1. The molecule has 0 radical (unpaired) electrons. The average Bonchev–Trinajstić information content (AvgIpc) is 2.43. The third-order valence-electron chi connectivity index (χ3n) is 3.34. The van der Waals surface area contributed by atoms with Crippen molar-refractivity contribution in [2.24, 2.45) is 0 Å². The number of carbonyl (C=O) groups is 1. The number of benzene rings is 1. The molecule has 0 spiro atoms. The van der Waals surface area contributed by atoms with Gasteiger partial charge < -0.3 is 9.64 Å². The van der Waals surface area contributed by atoms with Crippen molar-refractivity contribution in [2.75, 3.05) is 18.9 Å². The fourth-order valence-electron chi connectivity index (χ4n) is 2.20. The Kier molecular flexibility index (Phi) is 5.43. The minimum atomic E-state index is -0.224. The first-order valence-corrected chi connectivity index (χ1v) is 7.85. The van der Waals surface area contributed by atoms with Crippen molar-refractivity contribution in [1.82, 2.24) is 4.90 Å². The van der Waals surface area contributed by atoms with Crippen LogP contribution in [-0.2, 0) is 9.53 Å². The van der Waals surface area contributed by atoms with Crippen molar-refractivity contribution in [3.8, 4) is 0 Å². The molecule has 110 valence electrons. The molecule has 0 aliphatic carbocycles. The first-order valence-electron chi connectivity index (χ1n) is 6.86. The highest BCUT2D eigenvalue weighted by Gasteiger charge is 2.26. The average molecular weight is 297 g/mol. The summed E-state index contributed by atoms with van der Waals surface area (Å²) < 4.78 is 19.0. The summed E-state index contributed by atoms with van der Waals surface area (Å²) in [6.07, 6.45) is 0.519. The zero-order valence-corrected chi connectivity index (χ0v) is 12.7. The third kappa shape index (κ3) is 3.96. The Bertz CT molecular complexity index is 469. The molecule has 1 heterocycles. The summed E-state index contributed by atoms with van der Waals surface area (Å²) in [6, 6.07) is 6.78. The molecule has 2 rings (SSSR count). The topological polar surface area (TPSA) is 29.5 Å². The van der Waals surface area contributed by atoms with Gasteiger partial charge in [-0.2, -0.15) is 0 Å². The smallest absolute Gasteiger partial charge is 0.223 e. The van der Waals surface area contributed by atoms with Gasteiger partial charge >= 0.3 is 0 Å². The minimum Gasteiger partial charge on any atom is -0.375 e. The van der Waals surface area contributed by atoms with Crippen LogP contribution in [0.2, 0.25) is 0 Å². The van der Waals surface area contributed by atoms with Crippen molar-refractivity contribution in [3.05, 3.63) is 30.1 Å². The predicted molar refractivity (Wildman–Crippen MR) is 78.3 cm³/mol. The lowest BCUT2D eigenvalue weighted by molar-refractivity contribution is -0.142. The normalized spacial score (nSPS) is 22.9. The van der Waals surface area contributed by atoms with Crippen LogP contribution in [0, 0.1) is 5.82 Å². The maximum absolute atomic E-state index is 13.4. The molecule has 5 heteroatoms. The molecule has 1 saturated heterocycles. The summed E-state index contributed by atoms with van der Waals surface area (Å²) in [4.78, 5) is 14.7. The highest BCUT2D eigenvalue weighted by molar-refractivity contribution is 7.99. The zero-order chi connectivity index (χ0) is 14.5. The van der Waals surface area contributed by atoms with Crippen molar-refractivity contribution in [1.29, 1.82) is 0 Å². The molecule has 1 aromatic carbocycles. The van der Waals surface area contributed by atoms with Crippen LogP contribution in [0.1, 0.15) is 20.3 Å². The van der Waals surface area contributed by atoms with E-state index in [1.807, 2.05) is 18.7 Å². The fraction of sp³-hybridized carbons (Fsp3) is 0.533. The second kappa shape index (κ2) is 7.09. The first kappa shape index (κ1) is 15.3. The van der Waals surface area contributed by atoms with Gasteiger partial charge in [-0.15, -0.1) is 11.8 Å². The Morgan fingerprint density at radius 3 is 2.95 bits per heavy atom. The van der Waals surface area contributed by atoms with Crippen LogP contribution in [0.25, 0.3) is 0 Å². The van der Waals surface area contributed by atoms with E-state index in [1.165, 1.54) is 17.8 Å². The largest absolute Gasteiger partial charge is 0.375 e. The summed E-state index contributed by atoms with van der Waals surface area (Å²) in [5, 5.41) is 0. The van der Waals surface area contributed by atoms with Crippen molar-refractivity contribution in [2.45, 2.75) is 37.3 Å². The van der Waals surface area contributed by atoms with Gasteiger partial charge in [0.25, 0.3) is 0 Å². The monoisotopic (exact) mass is 297 g/mol. The molecular weight excluding hydrogens is 277 g/mol. The number of rotatable bonds is 4. The molecule has 1 aliphatic heterocycles. The van der Waals surface area contributed by atoms with Crippen LogP contribution in [0.5, 0.6) is 0 Å². The van der Waals surface area contributed by atoms with Gasteiger partial charge in [-0.25, -0.2) is 4.39 Å². The highest BCUT2D eigenvalue weighted by atomic mass is 32.2. The minimum absolute atomic E-state index is 0.0920. The summed E-state index contributed by atoms with van der Waals surface area (Å²) >= 11 is 1.39. The van der Waals surface area contributed by atoms with Crippen molar-refractivity contribution < 1.29 is 13.9 Å². The number of halogens is 1. The molecule has 1 fully saturated rings. The summed E-state index contributed by atoms with van der Waals surface area (Å²) in [6.45, 7) is 5.20. The molecule has 3 nitrogen and oxygen atoms in total. The highest BCUT2D eigenvalue weighted by Crippen LogP contribution is 2.22. The van der Waals surface area contributed by atoms with E-state index in [9.17, 15) is 9.18 Å². The van der Waals surface area contributed by atoms with Gasteiger partial charge in [-0.1, -0.05) is 12.1 Å². The van der Waals surface area contributed by atoms with E-state index in [-0.39, 0.29) is 23.9 Å². The number of ether oxygens (including phenoxy) is 1. The second-order valence-electron chi connectivity index (χ2n) is 5.07. The van der Waals surface area contributed by atoms with Crippen LogP contribution >= 0.6 is 11.8 Å². The van der Waals surface area contributed by atoms with E-state index in [0.717, 1.165) is 0 Å². The molecule has 0 bridgehead atoms. The Hall–Kier alpha value is -1.07. The number of carbonyl (C=O) groups excluding carboxylic acids is 1. The van der Waals surface area contributed by atoms with Gasteiger partial charge in [-0.3, -0.25) is 4.79 Å². The number of morpholine rings is 1. The number of amides is 1. The van der Waals surface area contributed by atoms with Gasteiger partial charge in [-0.05, 0) is 26.0 Å². The second-order valence-corrected chi connectivity index (χ2v) is 6.20. The molecule has 2 atom stereocenters. The van der Waals surface area contributed by atoms with E-state index in [2.05, 4.69) is 0 Å². The third-order valence-corrected chi connectivity index (χ3v) is 4.39. The van der Waals surface area contributed by atoms with E-state index in [4.69, 9.17) is 4.74 Å². The predicted octanol–water partition coefficient (Wildman–Crippen LogP) is 2.94. The number of thioether (sulfide) groups is 1. The molecular formula is C15H20FNO2S. The Labute approximate surface area is 123 Å². The van der Waals surface area contributed by atoms with Crippen LogP contribution in [0.3, 0.4) is 0 Å². The van der Waals surface area contributed by atoms with Crippen molar-refractivity contribution in [3.63, 3.8) is 0 Å². The van der Waals surface area contributed by atoms with Crippen LogP contribution in [0.15, 0.2) is 29.2 Å². The van der Waals surface area contributed by atoms with Gasteiger partial charge in [0.1, 0.15) is 5.82 Å². The van der Waals surface area contributed by atoms with Gasteiger partial charge in [0, 0.05) is 23.6 Å². The van der Waals surface area contributed by atoms with Crippen molar-refractivity contribution >= 4 is 17.7 Å². The summed E-state index contributed by atoms with van der Waals surface area (Å²) in [5.74, 6) is 0.493. The Morgan fingerprint density at radius 2 is 2.20 bits per heavy atom. The standard InChI is InChI=1S/C15H20FNO2S/c1-11-10-19-12(2)9-17(11)15(18)7-8-20-14-6-4-3-5-13(14)16/h3-6,11-12H,7-10H2,1-2H3. The summed E-state index contributed by atoms with van der Waals surface area (Å²) in [7, 11) is 0. The lowest BCUT2D eigenvalue weighted by atomic mass is 10.2. The maximum Gasteiger partial charge on any atom is 0.223 e. The molecule has 0 saturated carbocycles. The lowest BCUT2D eigenvalue weighted by Gasteiger charge is -2.36. The first-order chi connectivity index (χ1) is 9.58. The molecule has 2 unspecified atom stereocenters. The van der Waals surface area contributed by atoms with E-state index in [1.54, 1.807) is 18.2 Å². The quantitative estimate of drug-likeness (QED) is 0.800. The van der Waals surface area contributed by atoms with Gasteiger partial charge in [0.15, 0.2) is 0 Å². The van der Waals surface area contributed by atoms with E-state index < -0.39 is 0 Å². The Morgan fingerprint density at radius 1 is 1.45 bits per heavy atom. The maximum atomic E-state index is 13.4. The lowest BCUT2D eigenvalue weighted by Crippen LogP contribution is -2.50. The Balaban J connectivity index is 1.82. The SMILES string of the molecule is CC1CN(C(=O)CCSc2ccccc2F)C(C)CO1. The zero-order valence-electron chi connectivity index (χ0n) is 11.8. The molecule has 0 N–H and O–H groups in total. The molecule has 1 aliphatic rings. The van der Waals surface area contributed by atoms with Crippen LogP contribution < -0.4 is 0 Å². The van der Waals surface area contributed by atoms with Crippen LogP contribution in [-0.4, -0.2) is 41.9 Å². The van der Waals surface area contributed by atoms with Gasteiger partial charge in [0.2, 0.25) is 5.91 Å². The molecule has 20 heavy (non-hydrogen) atoms. The van der Waals surface area contributed by atoms with Crippen LogP contribution in [0.4, 0.5) is 4.39 Å². The molecule has 1 amide bonds. The molecule has 1 aromatic rings. The number of hydrogen-bond donors (Lipinski definition) is 0.